The van der Waals surface area contributed by atoms with Gasteiger partial charge in [-0.05, 0) is 54.8 Å². The molecule has 1 aromatic heterocycles. The molecule has 0 saturated carbocycles. The van der Waals surface area contributed by atoms with Crippen LogP contribution < -0.4 is 10.1 Å². The number of ether oxygens (including phenoxy) is 2. The third-order valence-corrected chi connectivity index (χ3v) is 7.63. The highest BCUT2D eigenvalue weighted by Crippen LogP contribution is 2.46. The summed E-state index contributed by atoms with van der Waals surface area (Å²) < 4.78 is 13.9. The Hall–Kier alpha value is -5.63. The van der Waals surface area contributed by atoms with Gasteiger partial charge in [-0.15, -0.1) is 5.10 Å². The highest BCUT2D eigenvalue weighted by Gasteiger charge is 2.35. The number of phenolic OH excluding ortho intramolecular Hbond substituents is 7. The van der Waals surface area contributed by atoms with Crippen molar-refractivity contribution in [2.45, 2.75) is 57.4 Å². The first kappa shape index (κ1) is 32.8. The average Bonchev–Trinajstić information content (AvgIpc) is 3.49. The quantitative estimate of drug-likeness (QED) is 0.0588. The molecule has 8 N–H and O–H groups in total. The lowest BCUT2D eigenvalue weighted by molar-refractivity contribution is -0.116. The number of unbranched alkanes of at least 4 members (excludes halogenated alkanes) is 3. The number of hydrogen-bond acceptors (Lipinski definition) is 12. The van der Waals surface area contributed by atoms with Gasteiger partial charge in [0.25, 0.3) is 0 Å². The van der Waals surface area contributed by atoms with E-state index in [1.165, 1.54) is 42.5 Å². The molecule has 2 heterocycles. The van der Waals surface area contributed by atoms with Gasteiger partial charge in [0.1, 0.15) is 17.5 Å². The molecule has 3 aromatic carbocycles. The molecule has 4 aromatic rings. The fourth-order valence-corrected chi connectivity index (χ4v) is 5.23. The van der Waals surface area contributed by atoms with Gasteiger partial charge in [0.2, 0.25) is 5.91 Å². The minimum atomic E-state index is -0.814. The Labute approximate surface area is 269 Å². The van der Waals surface area contributed by atoms with Crippen molar-refractivity contribution in [1.82, 2.24) is 20.3 Å². The number of aromatic nitrogens is 3. The molecule has 2 atom stereocenters. The van der Waals surface area contributed by atoms with Gasteiger partial charge < -0.3 is 50.5 Å². The molecule has 0 fully saturated rings. The summed E-state index contributed by atoms with van der Waals surface area (Å²) in [6.07, 6.45) is 6.83. The minimum Gasteiger partial charge on any atom is -0.508 e. The second kappa shape index (κ2) is 14.6. The molecule has 47 heavy (non-hydrogen) atoms. The van der Waals surface area contributed by atoms with Gasteiger partial charge in [0, 0.05) is 42.8 Å². The molecule has 14 heteroatoms. The van der Waals surface area contributed by atoms with Gasteiger partial charge in [-0.1, -0.05) is 24.1 Å². The standard InChI is InChI=1S/C33H36N4O10/c38-23-12-20-15-29(33(47-32(20)28(43)16-23)21-13-26(41)31(45)27(42)14-21)46-10-4-2-1-3-9-37-18-22(35-36-37)17-34-30(44)8-6-19-5-7-24(39)25(40)11-19/h5-8,11-14,16,18,29,33,38-43,45H,1-4,9-10,15,17H2,(H,34,44)/b8-6+/t29-,33-/m1/s1. The molecule has 1 aliphatic heterocycles. The highest BCUT2D eigenvalue weighted by molar-refractivity contribution is 5.91. The van der Waals surface area contributed by atoms with Crippen molar-refractivity contribution >= 4 is 12.0 Å². The van der Waals surface area contributed by atoms with E-state index in [9.17, 15) is 40.5 Å². The Morgan fingerprint density at radius 2 is 1.68 bits per heavy atom. The number of aryl methyl sites for hydroxylation is 1. The third kappa shape index (κ3) is 8.35. The van der Waals surface area contributed by atoms with E-state index in [0.29, 0.717) is 42.0 Å². The van der Waals surface area contributed by atoms with Crippen molar-refractivity contribution in [3.05, 3.63) is 77.1 Å². The van der Waals surface area contributed by atoms with Gasteiger partial charge in [0.15, 0.2) is 46.4 Å². The lowest BCUT2D eigenvalue weighted by atomic mass is 9.93. The average molecular weight is 649 g/mol. The summed E-state index contributed by atoms with van der Waals surface area (Å²) >= 11 is 0. The monoisotopic (exact) mass is 648 g/mol. The van der Waals surface area contributed by atoms with Crippen LogP contribution in [0.2, 0.25) is 0 Å². The Morgan fingerprint density at radius 1 is 0.915 bits per heavy atom. The van der Waals surface area contributed by atoms with Crippen LogP contribution in [0.4, 0.5) is 0 Å². The lowest BCUT2D eigenvalue weighted by Crippen LogP contribution is -2.33. The normalized spacial score (nSPS) is 15.7. The largest absolute Gasteiger partial charge is 0.508 e. The number of phenols is 7. The summed E-state index contributed by atoms with van der Waals surface area (Å²) in [4.78, 5) is 12.1. The molecule has 248 valence electrons. The first-order chi connectivity index (χ1) is 22.6. The highest BCUT2D eigenvalue weighted by atomic mass is 16.5. The smallest absolute Gasteiger partial charge is 0.244 e. The fourth-order valence-electron chi connectivity index (χ4n) is 5.23. The van der Waals surface area contributed by atoms with Crippen LogP contribution in [0.1, 0.15) is 54.2 Å². The third-order valence-electron chi connectivity index (χ3n) is 7.63. The van der Waals surface area contributed by atoms with Crippen LogP contribution in [0, 0.1) is 0 Å². The van der Waals surface area contributed by atoms with Crippen LogP contribution in [0.3, 0.4) is 0 Å². The molecular weight excluding hydrogens is 612 g/mol. The van der Waals surface area contributed by atoms with E-state index in [1.54, 1.807) is 16.9 Å². The van der Waals surface area contributed by atoms with Gasteiger partial charge in [-0.25, -0.2) is 0 Å². The number of carbonyl (C=O) groups is 1. The van der Waals surface area contributed by atoms with Gasteiger partial charge in [-0.2, -0.15) is 0 Å². The Balaban J connectivity index is 1.05. The number of hydrogen-bond donors (Lipinski definition) is 8. The van der Waals surface area contributed by atoms with Crippen LogP contribution in [0.15, 0.2) is 54.7 Å². The molecule has 0 spiro atoms. The molecule has 1 amide bonds. The molecule has 0 saturated heterocycles. The van der Waals surface area contributed by atoms with Crippen molar-refractivity contribution in [3.8, 4) is 46.0 Å². The van der Waals surface area contributed by atoms with Crippen molar-refractivity contribution < 1.29 is 50.0 Å². The topological polar surface area (TPSA) is 220 Å². The maximum absolute atomic E-state index is 12.1. The molecule has 14 nitrogen and oxygen atoms in total. The zero-order valence-electron chi connectivity index (χ0n) is 25.3. The zero-order chi connectivity index (χ0) is 33.5. The van der Waals surface area contributed by atoms with Crippen LogP contribution in [0.25, 0.3) is 6.08 Å². The van der Waals surface area contributed by atoms with Gasteiger partial charge in [0.05, 0.1) is 12.7 Å². The van der Waals surface area contributed by atoms with Crippen LogP contribution in [-0.4, -0.2) is 69.4 Å². The van der Waals surface area contributed by atoms with E-state index < -0.39 is 29.5 Å². The molecule has 0 aliphatic carbocycles. The maximum atomic E-state index is 12.1. The van der Waals surface area contributed by atoms with Gasteiger partial charge in [-0.3, -0.25) is 9.48 Å². The maximum Gasteiger partial charge on any atom is 0.244 e. The Morgan fingerprint density at radius 3 is 2.45 bits per heavy atom. The second-order valence-corrected chi connectivity index (χ2v) is 11.2. The number of benzene rings is 3. The van der Waals surface area contributed by atoms with Crippen molar-refractivity contribution in [1.29, 1.82) is 0 Å². The summed E-state index contributed by atoms with van der Waals surface area (Å²) in [6, 6.07) is 9.44. The fraction of sp³-hybridized carbons (Fsp3) is 0.303. The number of aromatic hydroxyl groups is 7. The zero-order valence-corrected chi connectivity index (χ0v) is 25.3. The molecule has 1 aliphatic rings. The van der Waals surface area contributed by atoms with Crippen LogP contribution in [-0.2, 0) is 29.0 Å². The number of nitrogens with one attached hydrogen (secondary N) is 1. The first-order valence-corrected chi connectivity index (χ1v) is 15.0. The predicted octanol–water partition coefficient (Wildman–Crippen LogP) is 3.87. The van der Waals surface area contributed by atoms with E-state index in [0.717, 1.165) is 31.7 Å². The summed E-state index contributed by atoms with van der Waals surface area (Å²) in [5, 5.41) is 80.0. The minimum absolute atomic E-state index is 0.118. The Bertz CT molecular complexity index is 1730. The second-order valence-electron chi connectivity index (χ2n) is 11.2. The van der Waals surface area contributed by atoms with E-state index in [4.69, 9.17) is 9.47 Å². The Kier molecular flexibility index (Phi) is 10.2. The summed E-state index contributed by atoms with van der Waals surface area (Å²) in [5.74, 6) is -2.74. The van der Waals surface area contributed by atoms with Crippen molar-refractivity contribution in [2.75, 3.05) is 6.61 Å². The summed E-state index contributed by atoms with van der Waals surface area (Å²) in [6.45, 7) is 1.22. The number of amides is 1. The molecule has 0 radical (unpaired) electrons. The van der Waals surface area contributed by atoms with Gasteiger partial charge >= 0.3 is 0 Å². The molecular formula is C33H36N4O10. The van der Waals surface area contributed by atoms with E-state index in [-0.39, 0.29) is 41.2 Å². The predicted molar refractivity (Wildman–Crippen MR) is 167 cm³/mol. The molecule has 5 rings (SSSR count). The number of carbonyl (C=O) groups excluding carboxylic acids is 1. The van der Waals surface area contributed by atoms with Crippen LogP contribution >= 0.6 is 0 Å². The van der Waals surface area contributed by atoms with E-state index >= 15 is 0 Å². The van der Waals surface area contributed by atoms with Crippen molar-refractivity contribution in [3.63, 3.8) is 0 Å². The molecule has 0 unspecified atom stereocenters. The first-order valence-electron chi connectivity index (χ1n) is 15.0. The van der Waals surface area contributed by atoms with Crippen molar-refractivity contribution in [2.24, 2.45) is 0 Å². The van der Waals surface area contributed by atoms with E-state index in [1.807, 2.05) is 0 Å². The van der Waals surface area contributed by atoms with Crippen LogP contribution in [0.5, 0.6) is 46.0 Å². The lowest BCUT2D eigenvalue weighted by Gasteiger charge is -2.34. The summed E-state index contributed by atoms with van der Waals surface area (Å²) in [7, 11) is 0. The van der Waals surface area contributed by atoms with E-state index in [2.05, 4.69) is 15.6 Å². The molecule has 0 bridgehead atoms. The number of nitrogens with zero attached hydrogens (tertiary/aromatic N) is 3. The summed E-state index contributed by atoms with van der Waals surface area (Å²) in [5.41, 5.74) is 2.06. The number of rotatable bonds is 13. The number of fused-ring (bicyclic) bond motifs is 1. The SMILES string of the molecule is O=C(/C=C/c1ccc(O)c(O)c1)NCc1cn(CCCCCCO[C@@H]2Cc3cc(O)cc(O)c3O[C@@H]2c2cc(O)c(O)c(O)c2)nn1.